The Labute approximate surface area is 89.7 Å². The summed E-state index contributed by atoms with van der Waals surface area (Å²) in [6, 6.07) is 0.140. The summed E-state index contributed by atoms with van der Waals surface area (Å²) in [7, 11) is 0. The molecule has 1 aliphatic rings. The van der Waals surface area contributed by atoms with Crippen molar-refractivity contribution in [3.8, 4) is 0 Å². The maximum Gasteiger partial charge on any atom is 0.339 e. The van der Waals surface area contributed by atoms with Crippen molar-refractivity contribution in [1.82, 2.24) is 10.6 Å². The number of carbonyl (C=O) groups excluding carboxylic acids is 1. The predicted octanol–water partition coefficient (Wildman–Crippen LogP) is 1.04. The smallest absolute Gasteiger partial charge is 0.339 e. The van der Waals surface area contributed by atoms with Gasteiger partial charge in [0.2, 0.25) is 0 Å². The normalized spacial score (nSPS) is 19.5. The summed E-state index contributed by atoms with van der Waals surface area (Å²) in [4.78, 5) is 11.4. The average molecular weight is 208 g/mol. The molecule has 0 aromatic heterocycles. The first-order valence-corrected chi connectivity index (χ1v) is 4.91. The van der Waals surface area contributed by atoms with E-state index in [1.807, 2.05) is 6.92 Å². The number of rotatable bonds is 4. The summed E-state index contributed by atoms with van der Waals surface area (Å²) in [5.41, 5.74) is 1.41. The van der Waals surface area contributed by atoms with Gasteiger partial charge in [-0.3, -0.25) is 0 Å². The number of carbonyl (C=O) groups is 1. The summed E-state index contributed by atoms with van der Waals surface area (Å²) in [6.07, 6.45) is 5.01. The van der Waals surface area contributed by atoms with Crippen LogP contribution in [-0.4, -0.2) is 18.6 Å². The summed E-state index contributed by atoms with van der Waals surface area (Å²) in [6.45, 7) is 7.73. The van der Waals surface area contributed by atoms with Gasteiger partial charge in [0, 0.05) is 11.9 Å². The van der Waals surface area contributed by atoms with E-state index in [0.29, 0.717) is 12.2 Å². The van der Waals surface area contributed by atoms with Gasteiger partial charge in [0.15, 0.2) is 0 Å². The zero-order valence-corrected chi connectivity index (χ0v) is 9.04. The number of nitrogens with one attached hydrogen (secondary N) is 2. The molecule has 0 spiro atoms. The molecular formula is C11H16N2O2. The molecule has 0 fully saturated rings. The molecule has 1 heterocycles. The fourth-order valence-electron chi connectivity index (χ4n) is 1.26. The van der Waals surface area contributed by atoms with Crippen LogP contribution in [0.3, 0.4) is 0 Å². The van der Waals surface area contributed by atoms with E-state index in [0.717, 1.165) is 5.70 Å². The number of ether oxygens (including phenoxy) is 1. The lowest BCUT2D eigenvalue weighted by molar-refractivity contribution is -0.138. The van der Waals surface area contributed by atoms with Gasteiger partial charge in [0.05, 0.1) is 18.2 Å². The van der Waals surface area contributed by atoms with Crippen LogP contribution in [0.1, 0.15) is 13.8 Å². The van der Waals surface area contributed by atoms with E-state index in [9.17, 15) is 4.79 Å². The number of hydrogen-bond donors (Lipinski definition) is 2. The third kappa shape index (κ3) is 2.87. The van der Waals surface area contributed by atoms with E-state index in [-0.39, 0.29) is 12.0 Å². The molecule has 1 atom stereocenters. The topological polar surface area (TPSA) is 50.4 Å². The molecule has 0 amide bonds. The van der Waals surface area contributed by atoms with Crippen molar-refractivity contribution in [1.29, 1.82) is 0 Å². The van der Waals surface area contributed by atoms with E-state index < -0.39 is 0 Å². The van der Waals surface area contributed by atoms with Crippen LogP contribution < -0.4 is 10.6 Å². The lowest BCUT2D eigenvalue weighted by Gasteiger charge is -2.21. The van der Waals surface area contributed by atoms with Crippen molar-refractivity contribution >= 4 is 5.97 Å². The summed E-state index contributed by atoms with van der Waals surface area (Å²) in [5.74, 6) is -0.319. The van der Waals surface area contributed by atoms with Gasteiger partial charge in [-0.05, 0) is 26.1 Å². The molecule has 82 valence electrons. The Morgan fingerprint density at radius 1 is 1.80 bits per heavy atom. The van der Waals surface area contributed by atoms with Gasteiger partial charge in [0.1, 0.15) is 0 Å². The Morgan fingerprint density at radius 2 is 2.53 bits per heavy atom. The molecule has 4 heteroatoms. The van der Waals surface area contributed by atoms with Crippen LogP contribution in [-0.2, 0) is 9.53 Å². The second-order valence-corrected chi connectivity index (χ2v) is 3.16. The quantitative estimate of drug-likeness (QED) is 0.678. The van der Waals surface area contributed by atoms with Crippen molar-refractivity contribution in [2.24, 2.45) is 0 Å². The molecule has 0 saturated carbocycles. The minimum atomic E-state index is -0.319. The highest BCUT2D eigenvalue weighted by molar-refractivity contribution is 5.92. The first-order valence-electron chi connectivity index (χ1n) is 4.91. The fraction of sp³-hybridized carbons (Fsp3) is 0.364. The SMILES string of the molecule is C=CNC1=CC(C(=O)OCC)=CNC1C. The second kappa shape index (κ2) is 5.24. The molecule has 2 N–H and O–H groups in total. The van der Waals surface area contributed by atoms with Gasteiger partial charge in [-0.1, -0.05) is 6.58 Å². The van der Waals surface area contributed by atoms with Crippen molar-refractivity contribution in [2.75, 3.05) is 6.61 Å². The average Bonchev–Trinajstić information content (AvgIpc) is 2.22. The third-order valence-electron chi connectivity index (χ3n) is 2.05. The van der Waals surface area contributed by atoms with Gasteiger partial charge in [-0.15, -0.1) is 0 Å². The largest absolute Gasteiger partial charge is 0.462 e. The Hall–Kier alpha value is -1.71. The maximum absolute atomic E-state index is 11.4. The Balaban J connectivity index is 2.76. The first-order chi connectivity index (χ1) is 7.19. The fourth-order valence-corrected chi connectivity index (χ4v) is 1.26. The zero-order chi connectivity index (χ0) is 11.3. The van der Waals surface area contributed by atoms with Crippen LogP contribution in [0, 0.1) is 0 Å². The van der Waals surface area contributed by atoms with Crippen LogP contribution >= 0.6 is 0 Å². The summed E-state index contributed by atoms with van der Waals surface area (Å²) >= 11 is 0. The Kier molecular flexibility index (Phi) is 3.97. The van der Waals surface area contributed by atoms with Crippen LogP contribution in [0.15, 0.2) is 36.3 Å². The molecule has 1 rings (SSSR count). The van der Waals surface area contributed by atoms with Crippen molar-refractivity contribution < 1.29 is 9.53 Å². The number of hydrogen-bond acceptors (Lipinski definition) is 4. The maximum atomic E-state index is 11.4. The monoisotopic (exact) mass is 208 g/mol. The minimum absolute atomic E-state index is 0.140. The predicted molar refractivity (Wildman–Crippen MR) is 58.7 cm³/mol. The zero-order valence-electron chi connectivity index (χ0n) is 9.04. The molecule has 1 unspecified atom stereocenters. The second-order valence-electron chi connectivity index (χ2n) is 3.16. The Bertz CT molecular complexity index is 319. The lowest BCUT2D eigenvalue weighted by atomic mass is 10.1. The standard InChI is InChI=1S/C11H16N2O2/c1-4-12-10-6-9(7-13-8(10)3)11(14)15-5-2/h4,6-8,12-13H,1,5H2,2-3H3. The van der Waals surface area contributed by atoms with E-state index in [1.165, 1.54) is 0 Å². The van der Waals surface area contributed by atoms with Crippen molar-refractivity contribution in [2.45, 2.75) is 19.9 Å². The van der Waals surface area contributed by atoms with Gasteiger partial charge in [-0.25, -0.2) is 4.79 Å². The van der Waals surface area contributed by atoms with Gasteiger partial charge >= 0.3 is 5.97 Å². The van der Waals surface area contributed by atoms with Crippen LogP contribution in [0.4, 0.5) is 0 Å². The molecular weight excluding hydrogens is 192 g/mol. The molecule has 1 aliphatic heterocycles. The molecule has 0 aliphatic carbocycles. The number of esters is 1. The molecule has 0 aromatic rings. The summed E-state index contributed by atoms with van der Waals surface area (Å²) < 4.78 is 4.90. The van der Waals surface area contributed by atoms with Crippen molar-refractivity contribution in [3.63, 3.8) is 0 Å². The van der Waals surface area contributed by atoms with Gasteiger partial charge < -0.3 is 15.4 Å². The first kappa shape index (κ1) is 11.4. The van der Waals surface area contributed by atoms with Crippen LogP contribution in [0.5, 0.6) is 0 Å². The number of dihydropyridines is 1. The van der Waals surface area contributed by atoms with Crippen molar-refractivity contribution in [3.05, 3.63) is 36.3 Å². The molecule has 0 saturated heterocycles. The van der Waals surface area contributed by atoms with Gasteiger partial charge in [0.25, 0.3) is 0 Å². The molecule has 0 aromatic carbocycles. The highest BCUT2D eigenvalue weighted by Gasteiger charge is 2.16. The molecule has 0 bridgehead atoms. The van der Waals surface area contributed by atoms with E-state index >= 15 is 0 Å². The van der Waals surface area contributed by atoms with Crippen LogP contribution in [0.25, 0.3) is 0 Å². The molecule has 0 radical (unpaired) electrons. The lowest BCUT2D eigenvalue weighted by Crippen LogP contribution is -2.33. The van der Waals surface area contributed by atoms with E-state index in [4.69, 9.17) is 4.74 Å². The van der Waals surface area contributed by atoms with E-state index in [2.05, 4.69) is 17.2 Å². The highest BCUT2D eigenvalue weighted by atomic mass is 16.5. The van der Waals surface area contributed by atoms with E-state index in [1.54, 1.807) is 25.4 Å². The summed E-state index contributed by atoms with van der Waals surface area (Å²) in [5, 5.41) is 6.04. The third-order valence-corrected chi connectivity index (χ3v) is 2.05. The minimum Gasteiger partial charge on any atom is -0.462 e. The Morgan fingerprint density at radius 3 is 3.13 bits per heavy atom. The molecule has 15 heavy (non-hydrogen) atoms. The van der Waals surface area contributed by atoms with Gasteiger partial charge in [-0.2, -0.15) is 0 Å². The highest BCUT2D eigenvalue weighted by Crippen LogP contribution is 2.11. The van der Waals surface area contributed by atoms with Crippen LogP contribution in [0.2, 0.25) is 0 Å². The molecule has 4 nitrogen and oxygen atoms in total.